The molecule has 0 saturated heterocycles. The van der Waals surface area contributed by atoms with Crippen LogP contribution in [0.25, 0.3) is 0 Å². The highest BCUT2D eigenvalue weighted by Gasteiger charge is 2.09. The van der Waals surface area contributed by atoms with Gasteiger partial charge in [0.2, 0.25) is 0 Å². The summed E-state index contributed by atoms with van der Waals surface area (Å²) < 4.78 is 0.778. The van der Waals surface area contributed by atoms with Crippen LogP contribution in [-0.4, -0.2) is 23.1 Å². The zero-order valence-corrected chi connectivity index (χ0v) is 17.1. The summed E-state index contributed by atoms with van der Waals surface area (Å²) in [6, 6.07) is 18.7. The Morgan fingerprint density at radius 3 is 2.45 bits per heavy atom. The quantitative estimate of drug-likeness (QED) is 0.394. The molecule has 2 amide bonds. The lowest BCUT2D eigenvalue weighted by Gasteiger charge is -2.07. The van der Waals surface area contributed by atoms with Gasteiger partial charge in [0, 0.05) is 26.9 Å². The number of carbonyl (C=O) groups is 2. The lowest BCUT2D eigenvalue weighted by atomic mass is 10.1. The molecule has 3 N–H and O–H groups in total. The SMILES string of the molecule is Cc1cccc(C(=O)Nc2cccc(C(=O)N/N=C/c3cc(Br)ccc3O)c2)c1. The van der Waals surface area contributed by atoms with Gasteiger partial charge in [-0.2, -0.15) is 5.10 Å². The molecule has 0 aliphatic heterocycles. The second-order valence-electron chi connectivity index (χ2n) is 6.31. The molecular weight excluding hydrogens is 434 g/mol. The van der Waals surface area contributed by atoms with Gasteiger partial charge in [0.1, 0.15) is 5.75 Å². The van der Waals surface area contributed by atoms with Crippen LogP contribution in [-0.2, 0) is 0 Å². The lowest BCUT2D eigenvalue weighted by Crippen LogP contribution is -2.18. The Labute approximate surface area is 176 Å². The number of phenolic OH excluding ortho intramolecular Hbond substituents is 1. The van der Waals surface area contributed by atoms with Gasteiger partial charge in [0.05, 0.1) is 6.21 Å². The number of hydrazone groups is 1. The van der Waals surface area contributed by atoms with Crippen LogP contribution in [0.3, 0.4) is 0 Å². The molecule has 0 aromatic heterocycles. The van der Waals surface area contributed by atoms with Crippen molar-refractivity contribution in [2.75, 3.05) is 5.32 Å². The molecule has 0 aliphatic carbocycles. The van der Waals surface area contributed by atoms with E-state index in [2.05, 4.69) is 31.8 Å². The van der Waals surface area contributed by atoms with Gasteiger partial charge in [0.25, 0.3) is 11.8 Å². The van der Waals surface area contributed by atoms with E-state index in [1.807, 2.05) is 19.1 Å². The fraction of sp³-hybridized carbons (Fsp3) is 0.0455. The Kier molecular flexibility index (Phi) is 6.41. The molecule has 6 nitrogen and oxygen atoms in total. The molecule has 146 valence electrons. The molecule has 0 aliphatic rings. The number of aryl methyl sites for hydroxylation is 1. The van der Waals surface area contributed by atoms with E-state index in [0.29, 0.717) is 22.4 Å². The van der Waals surface area contributed by atoms with Crippen LogP contribution in [0.4, 0.5) is 5.69 Å². The molecule has 0 spiro atoms. The predicted molar refractivity (Wildman–Crippen MR) is 116 cm³/mol. The first-order valence-electron chi connectivity index (χ1n) is 8.72. The minimum Gasteiger partial charge on any atom is -0.507 e. The fourth-order valence-electron chi connectivity index (χ4n) is 2.58. The van der Waals surface area contributed by atoms with Crippen LogP contribution in [0, 0.1) is 6.92 Å². The van der Waals surface area contributed by atoms with E-state index in [1.54, 1.807) is 48.5 Å². The smallest absolute Gasteiger partial charge is 0.271 e. The monoisotopic (exact) mass is 451 g/mol. The third kappa shape index (κ3) is 5.52. The van der Waals surface area contributed by atoms with Gasteiger partial charge in [-0.1, -0.05) is 39.7 Å². The van der Waals surface area contributed by atoms with E-state index in [9.17, 15) is 14.7 Å². The molecule has 7 heteroatoms. The standard InChI is InChI=1S/C22H18BrN3O3/c1-14-4-2-5-15(10-14)21(28)25-19-7-3-6-16(12-19)22(29)26-24-13-17-11-18(23)8-9-20(17)27/h2-13,27H,1H3,(H,25,28)(H,26,29)/b24-13+. The second-order valence-corrected chi connectivity index (χ2v) is 7.22. The fourth-order valence-corrected chi connectivity index (χ4v) is 2.96. The second kappa shape index (κ2) is 9.16. The first-order chi connectivity index (χ1) is 13.9. The largest absolute Gasteiger partial charge is 0.507 e. The predicted octanol–water partition coefficient (Wildman–Crippen LogP) is 4.48. The summed E-state index contributed by atoms with van der Waals surface area (Å²) in [4.78, 5) is 24.7. The molecule has 0 radical (unpaired) electrons. The van der Waals surface area contributed by atoms with Crippen LogP contribution < -0.4 is 10.7 Å². The number of nitrogens with zero attached hydrogens (tertiary/aromatic N) is 1. The number of amides is 2. The number of carbonyl (C=O) groups excluding carboxylic acids is 2. The van der Waals surface area contributed by atoms with Gasteiger partial charge in [-0.3, -0.25) is 9.59 Å². The van der Waals surface area contributed by atoms with E-state index in [0.717, 1.165) is 10.0 Å². The molecular formula is C22H18BrN3O3. The highest BCUT2D eigenvalue weighted by molar-refractivity contribution is 9.10. The van der Waals surface area contributed by atoms with E-state index in [4.69, 9.17) is 0 Å². The summed E-state index contributed by atoms with van der Waals surface area (Å²) in [5.41, 5.74) is 5.22. The molecule has 0 bridgehead atoms. The first kappa shape index (κ1) is 20.3. The van der Waals surface area contributed by atoms with Crippen LogP contribution in [0.15, 0.2) is 76.3 Å². The molecule has 3 rings (SSSR count). The number of phenols is 1. The maximum Gasteiger partial charge on any atom is 0.271 e. The number of halogens is 1. The van der Waals surface area contributed by atoms with Crippen molar-refractivity contribution in [3.8, 4) is 5.75 Å². The van der Waals surface area contributed by atoms with E-state index in [-0.39, 0.29) is 11.7 Å². The summed E-state index contributed by atoms with van der Waals surface area (Å²) in [6.45, 7) is 1.91. The highest BCUT2D eigenvalue weighted by Crippen LogP contribution is 2.20. The highest BCUT2D eigenvalue weighted by atomic mass is 79.9. The minimum atomic E-state index is -0.442. The van der Waals surface area contributed by atoms with Crippen molar-refractivity contribution in [1.29, 1.82) is 0 Å². The Balaban J connectivity index is 1.67. The molecule has 0 heterocycles. The number of anilines is 1. The number of aromatic hydroxyl groups is 1. The Hall–Kier alpha value is -3.45. The summed E-state index contributed by atoms with van der Waals surface area (Å²) in [7, 11) is 0. The summed E-state index contributed by atoms with van der Waals surface area (Å²) in [5.74, 6) is -0.649. The summed E-state index contributed by atoms with van der Waals surface area (Å²) in [6.07, 6.45) is 1.35. The van der Waals surface area contributed by atoms with Crippen molar-refractivity contribution < 1.29 is 14.7 Å². The molecule has 3 aromatic rings. The van der Waals surface area contributed by atoms with E-state index in [1.165, 1.54) is 12.3 Å². The average Bonchev–Trinajstić information content (AvgIpc) is 2.70. The summed E-state index contributed by atoms with van der Waals surface area (Å²) in [5, 5.41) is 16.4. The number of hydrogen-bond acceptors (Lipinski definition) is 4. The number of rotatable bonds is 5. The number of benzene rings is 3. The maximum absolute atomic E-state index is 12.4. The first-order valence-corrected chi connectivity index (χ1v) is 9.52. The third-order valence-corrected chi connectivity index (χ3v) is 4.52. The van der Waals surface area contributed by atoms with Crippen molar-refractivity contribution in [3.63, 3.8) is 0 Å². The van der Waals surface area contributed by atoms with Gasteiger partial charge in [-0.05, 0) is 55.5 Å². The molecule has 0 fully saturated rings. The molecule has 3 aromatic carbocycles. The zero-order chi connectivity index (χ0) is 20.8. The molecule has 0 unspecified atom stereocenters. The van der Waals surface area contributed by atoms with Crippen molar-refractivity contribution >= 4 is 39.6 Å². The van der Waals surface area contributed by atoms with Gasteiger partial charge < -0.3 is 10.4 Å². The molecule has 29 heavy (non-hydrogen) atoms. The number of nitrogens with one attached hydrogen (secondary N) is 2. The van der Waals surface area contributed by atoms with Gasteiger partial charge >= 0.3 is 0 Å². The van der Waals surface area contributed by atoms with E-state index >= 15 is 0 Å². The minimum absolute atomic E-state index is 0.0482. The van der Waals surface area contributed by atoms with Gasteiger partial charge in [-0.25, -0.2) is 5.43 Å². The topological polar surface area (TPSA) is 90.8 Å². The van der Waals surface area contributed by atoms with Crippen molar-refractivity contribution in [2.45, 2.75) is 6.92 Å². The van der Waals surface area contributed by atoms with E-state index < -0.39 is 5.91 Å². The van der Waals surface area contributed by atoms with Crippen molar-refractivity contribution in [3.05, 3.63) is 93.5 Å². The van der Waals surface area contributed by atoms with Crippen LogP contribution in [0.1, 0.15) is 31.8 Å². The Morgan fingerprint density at radius 1 is 0.966 bits per heavy atom. The Morgan fingerprint density at radius 2 is 1.69 bits per heavy atom. The van der Waals surface area contributed by atoms with Crippen LogP contribution >= 0.6 is 15.9 Å². The normalized spacial score (nSPS) is 10.7. The van der Waals surface area contributed by atoms with Gasteiger partial charge in [0.15, 0.2) is 0 Å². The summed E-state index contributed by atoms with van der Waals surface area (Å²) >= 11 is 3.31. The zero-order valence-electron chi connectivity index (χ0n) is 15.5. The van der Waals surface area contributed by atoms with Crippen molar-refractivity contribution in [2.24, 2.45) is 5.10 Å². The number of hydrogen-bond donors (Lipinski definition) is 3. The van der Waals surface area contributed by atoms with Crippen LogP contribution in [0.2, 0.25) is 0 Å². The lowest BCUT2D eigenvalue weighted by molar-refractivity contribution is 0.0953. The van der Waals surface area contributed by atoms with Gasteiger partial charge in [-0.15, -0.1) is 0 Å². The average molecular weight is 452 g/mol. The Bertz CT molecular complexity index is 1100. The maximum atomic E-state index is 12.4. The third-order valence-electron chi connectivity index (χ3n) is 4.02. The van der Waals surface area contributed by atoms with Crippen molar-refractivity contribution in [1.82, 2.24) is 5.43 Å². The van der Waals surface area contributed by atoms with Crippen LogP contribution in [0.5, 0.6) is 5.75 Å². The molecule has 0 saturated carbocycles. The molecule has 0 atom stereocenters.